The highest BCUT2D eigenvalue weighted by atomic mass is 31.0. The summed E-state index contributed by atoms with van der Waals surface area (Å²) >= 11 is 0. The summed E-state index contributed by atoms with van der Waals surface area (Å²) in [6.45, 7) is 3.98. The van der Waals surface area contributed by atoms with Crippen LogP contribution in [0.3, 0.4) is 0 Å². The summed E-state index contributed by atoms with van der Waals surface area (Å²) in [4.78, 5) is 24.5. The molecule has 148 valence electrons. The van der Waals surface area contributed by atoms with E-state index in [1.54, 1.807) is 0 Å². The van der Waals surface area contributed by atoms with Gasteiger partial charge in [0.25, 0.3) is 0 Å². The van der Waals surface area contributed by atoms with E-state index >= 15 is 0 Å². The first-order valence-corrected chi connectivity index (χ1v) is 10.2. The number of amides is 2. The fraction of sp³-hybridized carbons (Fsp3) is 0.167. The van der Waals surface area contributed by atoms with Crippen molar-refractivity contribution in [2.45, 2.75) is 20.3 Å². The van der Waals surface area contributed by atoms with E-state index < -0.39 is 0 Å². The summed E-state index contributed by atoms with van der Waals surface area (Å²) in [5.41, 5.74) is 4.24. The zero-order valence-corrected chi connectivity index (χ0v) is 17.8. The maximum Gasteiger partial charge on any atom is 0.323 e. The Balaban J connectivity index is 1.65. The van der Waals surface area contributed by atoms with E-state index in [2.05, 4.69) is 19.9 Å². The van der Waals surface area contributed by atoms with Crippen LogP contribution in [0.5, 0.6) is 0 Å². The summed E-state index contributed by atoms with van der Waals surface area (Å²) in [5.74, 6) is 0.215. The molecule has 3 aromatic carbocycles. The van der Waals surface area contributed by atoms with Gasteiger partial charge in [0.1, 0.15) is 0 Å². The number of para-hydroxylation sites is 1. The number of urea groups is 1. The molecule has 29 heavy (non-hydrogen) atoms. The maximum absolute atomic E-state index is 12.3. The van der Waals surface area contributed by atoms with Crippen LogP contribution in [0.1, 0.15) is 30.6 Å². The van der Waals surface area contributed by atoms with Gasteiger partial charge in [-0.3, -0.25) is 4.79 Å². The molecule has 0 fully saturated rings. The van der Waals surface area contributed by atoms with Crippen molar-refractivity contribution < 1.29 is 9.59 Å². The summed E-state index contributed by atoms with van der Waals surface area (Å²) in [5, 5.41) is 6.59. The van der Waals surface area contributed by atoms with E-state index in [1.807, 2.05) is 86.6 Å². The number of rotatable bonds is 6. The van der Waals surface area contributed by atoms with Crippen molar-refractivity contribution in [3.05, 3.63) is 78.4 Å². The Bertz CT molecular complexity index is 998. The average molecular weight is 404 g/mol. The van der Waals surface area contributed by atoms with E-state index in [4.69, 9.17) is 0 Å². The lowest BCUT2D eigenvalue weighted by atomic mass is 9.95. The minimum atomic E-state index is -0.291. The van der Waals surface area contributed by atoms with E-state index in [9.17, 15) is 9.59 Å². The Morgan fingerprint density at radius 1 is 0.862 bits per heavy atom. The van der Waals surface area contributed by atoms with Crippen molar-refractivity contribution in [3.8, 4) is 11.1 Å². The topological polar surface area (TPSA) is 58.2 Å². The van der Waals surface area contributed by atoms with Crippen LogP contribution in [0.4, 0.5) is 16.2 Å². The van der Waals surface area contributed by atoms with Crippen LogP contribution < -0.4 is 15.9 Å². The number of ketones is 1. The molecule has 0 saturated heterocycles. The van der Waals surface area contributed by atoms with Gasteiger partial charge in [-0.15, -0.1) is 9.24 Å². The lowest BCUT2D eigenvalue weighted by Gasteiger charge is -2.11. The lowest BCUT2D eigenvalue weighted by molar-refractivity contribution is 0.0927. The number of hydrogen-bond donors (Lipinski definition) is 2. The lowest BCUT2D eigenvalue weighted by Crippen LogP contribution is -2.21. The molecule has 0 aliphatic heterocycles. The molecule has 5 heteroatoms. The van der Waals surface area contributed by atoms with Crippen molar-refractivity contribution >= 4 is 37.7 Å². The molecule has 3 aromatic rings. The number of benzene rings is 3. The quantitative estimate of drug-likeness (QED) is 0.407. The van der Waals surface area contributed by atoms with Gasteiger partial charge < -0.3 is 10.6 Å². The molecule has 0 bridgehead atoms. The van der Waals surface area contributed by atoms with Crippen LogP contribution in [-0.4, -0.2) is 11.8 Å². The predicted octanol–water partition coefficient (Wildman–Crippen LogP) is 5.73. The van der Waals surface area contributed by atoms with Gasteiger partial charge in [0.05, 0.1) is 0 Å². The van der Waals surface area contributed by atoms with Crippen LogP contribution >= 0.6 is 9.24 Å². The van der Waals surface area contributed by atoms with Crippen molar-refractivity contribution in [3.63, 3.8) is 0 Å². The Morgan fingerprint density at radius 3 is 2.03 bits per heavy atom. The first-order chi connectivity index (χ1) is 14.0. The Morgan fingerprint density at radius 2 is 1.45 bits per heavy atom. The molecule has 0 aliphatic rings. The molecule has 2 N–H and O–H groups in total. The third-order valence-electron chi connectivity index (χ3n) is 4.91. The number of nitrogens with one attached hydrogen (secondary N) is 2. The molecule has 4 nitrogen and oxygen atoms in total. The fourth-order valence-electron chi connectivity index (χ4n) is 2.94. The Labute approximate surface area is 173 Å². The third-order valence-corrected chi connectivity index (χ3v) is 5.42. The van der Waals surface area contributed by atoms with Gasteiger partial charge in [0, 0.05) is 22.9 Å². The normalized spacial score (nSPS) is 11.6. The monoisotopic (exact) mass is 404 g/mol. The van der Waals surface area contributed by atoms with Crippen LogP contribution in [0.25, 0.3) is 11.1 Å². The highest BCUT2D eigenvalue weighted by molar-refractivity contribution is 7.28. The van der Waals surface area contributed by atoms with Gasteiger partial charge in [-0.05, 0) is 41.1 Å². The van der Waals surface area contributed by atoms with E-state index in [1.165, 1.54) is 0 Å². The molecule has 0 saturated carbocycles. The standard InChI is InChI=1S/C24H25N2O2P/c1-3-16(2)23(27)19-10-8-17(9-11-19)18-12-14-20(15-13-18)25-24(28)26-21-6-4-5-7-22(21)29/h4-16H,3,29H2,1-2H3,(H2,25,26,28). The number of carbonyl (C=O) groups is 2. The SMILES string of the molecule is CCC(C)C(=O)c1ccc(-c2ccc(NC(=O)Nc3ccccc3P)cc2)cc1. The van der Waals surface area contributed by atoms with Gasteiger partial charge in [0.2, 0.25) is 0 Å². The van der Waals surface area contributed by atoms with Crippen molar-refractivity contribution in [1.29, 1.82) is 0 Å². The van der Waals surface area contributed by atoms with E-state index in [-0.39, 0.29) is 17.7 Å². The average Bonchev–Trinajstić information content (AvgIpc) is 2.75. The minimum absolute atomic E-state index is 0.0376. The van der Waals surface area contributed by atoms with Crippen LogP contribution in [-0.2, 0) is 0 Å². The smallest absolute Gasteiger partial charge is 0.308 e. The molecule has 2 amide bonds. The summed E-state index contributed by atoms with van der Waals surface area (Å²) in [7, 11) is 2.60. The molecular formula is C24H25N2O2P. The minimum Gasteiger partial charge on any atom is -0.308 e. The zero-order valence-electron chi connectivity index (χ0n) is 16.6. The number of Topliss-reactive ketones (excluding diaryl/α,β-unsaturated/α-hetero) is 1. The Hall–Kier alpha value is -2.97. The second kappa shape index (κ2) is 9.49. The summed E-state index contributed by atoms with van der Waals surface area (Å²) in [6.07, 6.45) is 0.839. The molecule has 0 aliphatic carbocycles. The highest BCUT2D eigenvalue weighted by Crippen LogP contribution is 2.23. The van der Waals surface area contributed by atoms with Crippen LogP contribution in [0.2, 0.25) is 0 Å². The second-order valence-corrected chi connectivity index (χ2v) is 7.62. The maximum atomic E-state index is 12.3. The summed E-state index contributed by atoms with van der Waals surface area (Å²) in [6, 6.07) is 22.6. The van der Waals surface area contributed by atoms with Crippen molar-refractivity contribution in [2.75, 3.05) is 10.6 Å². The number of hydrogen-bond acceptors (Lipinski definition) is 2. The summed E-state index contributed by atoms with van der Waals surface area (Å²) < 4.78 is 0. The third kappa shape index (κ3) is 5.30. The van der Waals surface area contributed by atoms with Gasteiger partial charge in [-0.25, -0.2) is 4.79 Å². The van der Waals surface area contributed by atoms with Crippen molar-refractivity contribution in [2.24, 2.45) is 5.92 Å². The fourth-order valence-corrected chi connectivity index (χ4v) is 3.22. The molecule has 0 heterocycles. The van der Waals surface area contributed by atoms with Gasteiger partial charge in [0.15, 0.2) is 5.78 Å². The molecule has 2 unspecified atom stereocenters. The highest BCUT2D eigenvalue weighted by Gasteiger charge is 2.13. The molecule has 0 aromatic heterocycles. The molecule has 0 spiro atoms. The Kier molecular flexibility index (Phi) is 6.79. The molecule has 0 radical (unpaired) electrons. The predicted molar refractivity (Wildman–Crippen MR) is 124 cm³/mol. The van der Waals surface area contributed by atoms with Crippen LogP contribution in [0.15, 0.2) is 72.8 Å². The second-order valence-electron chi connectivity index (χ2n) is 6.99. The van der Waals surface area contributed by atoms with E-state index in [0.29, 0.717) is 5.69 Å². The number of carbonyl (C=O) groups excluding carboxylic acids is 2. The first kappa shape index (κ1) is 20.8. The number of anilines is 2. The van der Waals surface area contributed by atoms with Gasteiger partial charge >= 0.3 is 6.03 Å². The van der Waals surface area contributed by atoms with Gasteiger partial charge in [-0.2, -0.15) is 0 Å². The van der Waals surface area contributed by atoms with Gasteiger partial charge in [-0.1, -0.05) is 68.4 Å². The molecular weight excluding hydrogens is 379 g/mol. The van der Waals surface area contributed by atoms with Crippen LogP contribution in [0, 0.1) is 5.92 Å². The largest absolute Gasteiger partial charge is 0.323 e. The zero-order chi connectivity index (χ0) is 20.8. The molecule has 3 rings (SSSR count). The van der Waals surface area contributed by atoms with Crippen molar-refractivity contribution in [1.82, 2.24) is 0 Å². The first-order valence-electron chi connectivity index (χ1n) is 9.65. The van der Waals surface area contributed by atoms with E-state index in [0.717, 1.165) is 34.1 Å². The molecule has 2 atom stereocenters.